The molecule has 82 valence electrons. The summed E-state index contributed by atoms with van der Waals surface area (Å²) in [6.45, 7) is 2.08. The van der Waals surface area contributed by atoms with Crippen LogP contribution in [0.5, 0.6) is 0 Å². The zero-order valence-electron chi connectivity index (χ0n) is 8.70. The Morgan fingerprint density at radius 2 is 2.47 bits per heavy atom. The van der Waals surface area contributed by atoms with Crippen LogP contribution in [0.25, 0.3) is 0 Å². The van der Waals surface area contributed by atoms with E-state index in [9.17, 15) is 9.50 Å². The van der Waals surface area contributed by atoms with Crippen LogP contribution < -0.4 is 5.32 Å². The predicted octanol–water partition coefficient (Wildman–Crippen LogP) is 1.40. The lowest BCUT2D eigenvalue weighted by Crippen LogP contribution is -2.40. The first-order chi connectivity index (χ1) is 7.13. The number of hydrogen-bond donors (Lipinski definition) is 2. The number of nitrogens with one attached hydrogen (secondary N) is 1. The Morgan fingerprint density at radius 3 is 3.07 bits per heavy atom. The highest BCUT2D eigenvalue weighted by Gasteiger charge is 2.34. The Labute approximate surface area is 88.3 Å². The Kier molecular flexibility index (Phi) is 2.71. The van der Waals surface area contributed by atoms with Gasteiger partial charge in [0.05, 0.1) is 12.8 Å². The highest BCUT2D eigenvalue weighted by molar-refractivity contribution is 5.18. The lowest BCUT2D eigenvalue weighted by molar-refractivity contribution is 0.187. The molecule has 0 radical (unpaired) electrons. The molecule has 2 rings (SSSR count). The topological polar surface area (TPSA) is 45.2 Å². The third kappa shape index (κ3) is 2.16. The van der Waals surface area contributed by atoms with Crippen molar-refractivity contribution in [3.63, 3.8) is 0 Å². The molecule has 0 unspecified atom stereocenters. The van der Waals surface area contributed by atoms with Gasteiger partial charge in [0.2, 0.25) is 0 Å². The summed E-state index contributed by atoms with van der Waals surface area (Å²) in [4.78, 5) is 3.82. The Balaban J connectivity index is 2.14. The van der Waals surface area contributed by atoms with Crippen molar-refractivity contribution in [1.29, 1.82) is 0 Å². The van der Waals surface area contributed by atoms with Crippen LogP contribution in [0, 0.1) is 5.82 Å². The van der Waals surface area contributed by atoms with Gasteiger partial charge in [0.25, 0.3) is 0 Å². The molecule has 1 aromatic rings. The molecule has 0 amide bonds. The van der Waals surface area contributed by atoms with Crippen molar-refractivity contribution < 1.29 is 9.50 Å². The molecule has 2 atom stereocenters. The van der Waals surface area contributed by atoms with E-state index in [1.165, 1.54) is 12.3 Å². The molecule has 1 aliphatic heterocycles. The zero-order chi connectivity index (χ0) is 10.9. The molecule has 0 saturated carbocycles. The number of hydrogen-bond acceptors (Lipinski definition) is 3. The largest absolute Gasteiger partial charge is 0.394 e. The third-order valence-corrected chi connectivity index (χ3v) is 2.98. The van der Waals surface area contributed by atoms with Crippen LogP contribution in [0.4, 0.5) is 4.39 Å². The molecule has 1 saturated heterocycles. The molecule has 2 N–H and O–H groups in total. The van der Waals surface area contributed by atoms with Crippen molar-refractivity contribution in [2.24, 2.45) is 0 Å². The highest BCUT2D eigenvalue weighted by atomic mass is 19.1. The first kappa shape index (κ1) is 10.5. The number of halogens is 1. The van der Waals surface area contributed by atoms with Gasteiger partial charge in [-0.2, -0.15) is 0 Å². The molecular weight excluding hydrogens is 195 g/mol. The second-order valence-corrected chi connectivity index (χ2v) is 4.39. The van der Waals surface area contributed by atoms with E-state index in [4.69, 9.17) is 0 Å². The second kappa shape index (κ2) is 3.87. The standard InChI is InChI=1S/C11H15FN2O/c1-11(7-15)3-2-10(14-11)8-4-9(12)6-13-5-8/h4-6,10,14-15H,2-3,7H2,1H3/t10-,11-/m1/s1. The molecule has 15 heavy (non-hydrogen) atoms. The highest BCUT2D eigenvalue weighted by Crippen LogP contribution is 2.32. The van der Waals surface area contributed by atoms with E-state index in [2.05, 4.69) is 10.3 Å². The van der Waals surface area contributed by atoms with Crippen LogP contribution in [0.2, 0.25) is 0 Å². The summed E-state index contributed by atoms with van der Waals surface area (Å²) in [6.07, 6.45) is 4.67. The molecule has 1 aromatic heterocycles. The quantitative estimate of drug-likeness (QED) is 0.775. The lowest BCUT2D eigenvalue weighted by atomic mass is 10.0. The van der Waals surface area contributed by atoms with E-state index in [0.29, 0.717) is 0 Å². The Morgan fingerprint density at radius 1 is 1.67 bits per heavy atom. The lowest BCUT2D eigenvalue weighted by Gasteiger charge is -2.23. The fourth-order valence-electron chi connectivity index (χ4n) is 2.02. The minimum atomic E-state index is -0.313. The first-order valence-electron chi connectivity index (χ1n) is 5.12. The van der Waals surface area contributed by atoms with Gasteiger partial charge < -0.3 is 10.4 Å². The van der Waals surface area contributed by atoms with E-state index in [0.717, 1.165) is 18.4 Å². The van der Waals surface area contributed by atoms with Gasteiger partial charge in [-0.15, -0.1) is 0 Å². The number of aliphatic hydroxyl groups excluding tert-OH is 1. The van der Waals surface area contributed by atoms with E-state index in [1.807, 2.05) is 6.92 Å². The molecule has 1 aliphatic rings. The van der Waals surface area contributed by atoms with Crippen molar-refractivity contribution in [3.8, 4) is 0 Å². The number of aliphatic hydroxyl groups is 1. The SMILES string of the molecule is C[C@]1(CO)CC[C@H](c2cncc(F)c2)N1. The zero-order valence-corrected chi connectivity index (χ0v) is 8.70. The van der Waals surface area contributed by atoms with Gasteiger partial charge in [-0.05, 0) is 31.4 Å². The van der Waals surface area contributed by atoms with Crippen molar-refractivity contribution in [1.82, 2.24) is 10.3 Å². The predicted molar refractivity (Wildman–Crippen MR) is 54.8 cm³/mol. The fraction of sp³-hybridized carbons (Fsp3) is 0.545. The minimum Gasteiger partial charge on any atom is -0.394 e. The summed E-state index contributed by atoms with van der Waals surface area (Å²) >= 11 is 0. The summed E-state index contributed by atoms with van der Waals surface area (Å²) in [5.74, 6) is -0.313. The fourth-order valence-corrected chi connectivity index (χ4v) is 2.02. The summed E-state index contributed by atoms with van der Waals surface area (Å²) in [6, 6.07) is 1.60. The summed E-state index contributed by atoms with van der Waals surface area (Å²) in [5, 5.41) is 12.5. The van der Waals surface area contributed by atoms with Gasteiger partial charge >= 0.3 is 0 Å². The summed E-state index contributed by atoms with van der Waals surface area (Å²) in [7, 11) is 0. The number of rotatable bonds is 2. The van der Waals surface area contributed by atoms with Crippen molar-refractivity contribution in [3.05, 3.63) is 29.8 Å². The van der Waals surface area contributed by atoms with Crippen LogP contribution in [0.1, 0.15) is 31.4 Å². The molecule has 4 heteroatoms. The maximum atomic E-state index is 13.0. The van der Waals surface area contributed by atoms with Gasteiger partial charge in [-0.1, -0.05) is 0 Å². The summed E-state index contributed by atoms with van der Waals surface area (Å²) in [5.41, 5.74) is 0.615. The molecule has 1 fully saturated rings. The third-order valence-electron chi connectivity index (χ3n) is 2.98. The molecule has 0 spiro atoms. The van der Waals surface area contributed by atoms with Crippen molar-refractivity contribution >= 4 is 0 Å². The normalized spacial score (nSPS) is 30.7. The molecular formula is C11H15FN2O. The van der Waals surface area contributed by atoms with E-state index >= 15 is 0 Å². The minimum absolute atomic E-state index is 0.102. The van der Waals surface area contributed by atoms with E-state index in [-0.39, 0.29) is 24.0 Å². The Bertz CT molecular complexity index is 358. The first-order valence-corrected chi connectivity index (χ1v) is 5.12. The molecule has 2 heterocycles. The van der Waals surface area contributed by atoms with Crippen molar-refractivity contribution in [2.75, 3.05) is 6.61 Å². The average molecular weight is 210 g/mol. The van der Waals surface area contributed by atoms with Crippen LogP contribution >= 0.6 is 0 Å². The van der Waals surface area contributed by atoms with Crippen molar-refractivity contribution in [2.45, 2.75) is 31.3 Å². The number of aromatic nitrogens is 1. The van der Waals surface area contributed by atoms with E-state index < -0.39 is 0 Å². The molecule has 0 aliphatic carbocycles. The molecule has 3 nitrogen and oxygen atoms in total. The van der Waals surface area contributed by atoms with Gasteiger partial charge in [-0.25, -0.2) is 4.39 Å². The van der Waals surface area contributed by atoms with Crippen LogP contribution in [-0.4, -0.2) is 22.2 Å². The maximum absolute atomic E-state index is 13.0. The molecule has 0 aromatic carbocycles. The van der Waals surface area contributed by atoms with Gasteiger partial charge in [0.1, 0.15) is 5.82 Å². The van der Waals surface area contributed by atoms with Gasteiger partial charge in [0, 0.05) is 17.8 Å². The van der Waals surface area contributed by atoms with Crippen LogP contribution in [0.15, 0.2) is 18.5 Å². The summed E-state index contributed by atoms with van der Waals surface area (Å²) < 4.78 is 13.0. The van der Waals surface area contributed by atoms with Gasteiger partial charge in [0.15, 0.2) is 0 Å². The van der Waals surface area contributed by atoms with Crippen LogP contribution in [0.3, 0.4) is 0 Å². The second-order valence-electron chi connectivity index (χ2n) is 4.39. The number of pyridine rings is 1. The monoisotopic (exact) mass is 210 g/mol. The van der Waals surface area contributed by atoms with Crippen LogP contribution in [-0.2, 0) is 0 Å². The maximum Gasteiger partial charge on any atom is 0.141 e. The Hall–Kier alpha value is -1.00. The average Bonchev–Trinajstić information content (AvgIpc) is 2.62. The molecule has 0 bridgehead atoms. The van der Waals surface area contributed by atoms with E-state index in [1.54, 1.807) is 6.20 Å². The number of nitrogens with zero attached hydrogens (tertiary/aromatic N) is 1. The van der Waals surface area contributed by atoms with Gasteiger partial charge in [-0.3, -0.25) is 4.98 Å². The smallest absolute Gasteiger partial charge is 0.141 e.